The van der Waals surface area contributed by atoms with Gasteiger partial charge in [0, 0.05) is 17.6 Å². The van der Waals surface area contributed by atoms with E-state index in [9.17, 15) is 0 Å². The van der Waals surface area contributed by atoms with Crippen LogP contribution in [0.25, 0.3) is 11.5 Å². The molecule has 3 rings (SSSR count). The zero-order chi connectivity index (χ0) is 13.9. The van der Waals surface area contributed by atoms with Crippen molar-refractivity contribution in [3.63, 3.8) is 0 Å². The second-order valence-corrected chi connectivity index (χ2v) is 5.44. The van der Waals surface area contributed by atoms with Crippen LogP contribution < -0.4 is 5.32 Å². The molecule has 1 unspecified atom stereocenters. The number of pyridine rings is 1. The maximum Gasteiger partial charge on any atom is 0.178 e. The van der Waals surface area contributed by atoms with Crippen molar-refractivity contribution in [1.82, 2.24) is 20.3 Å². The fraction of sp³-hybridized carbons (Fsp3) is 0.438. The highest BCUT2D eigenvalue weighted by Gasteiger charge is 2.22. The van der Waals surface area contributed by atoms with Crippen molar-refractivity contribution in [2.24, 2.45) is 5.92 Å². The van der Waals surface area contributed by atoms with E-state index >= 15 is 0 Å². The molecule has 0 saturated carbocycles. The van der Waals surface area contributed by atoms with E-state index in [2.05, 4.69) is 22.2 Å². The molecule has 0 bridgehead atoms. The monoisotopic (exact) mass is 268 g/mol. The first kappa shape index (κ1) is 13.2. The smallest absolute Gasteiger partial charge is 0.178 e. The Balaban J connectivity index is 1.94. The lowest BCUT2D eigenvalue weighted by Gasteiger charge is -2.25. The van der Waals surface area contributed by atoms with E-state index < -0.39 is 0 Å². The summed E-state index contributed by atoms with van der Waals surface area (Å²) in [6.07, 6.45) is 5.12. The summed E-state index contributed by atoms with van der Waals surface area (Å²) in [5.74, 6) is 1.46. The molecular formula is C16H20N4. The molecule has 0 radical (unpaired) electrons. The number of hydrogen-bond donors (Lipinski definition) is 1. The second-order valence-electron chi connectivity index (χ2n) is 5.44. The average molecular weight is 268 g/mol. The van der Waals surface area contributed by atoms with Crippen molar-refractivity contribution in [2.75, 3.05) is 13.6 Å². The highest BCUT2D eigenvalue weighted by atomic mass is 14.9. The second kappa shape index (κ2) is 5.67. The largest absolute Gasteiger partial charge is 0.319 e. The van der Waals surface area contributed by atoms with E-state index in [-0.39, 0.29) is 0 Å². The quantitative estimate of drug-likeness (QED) is 0.927. The average Bonchev–Trinajstić information content (AvgIpc) is 2.49. The molecule has 20 heavy (non-hydrogen) atoms. The van der Waals surface area contributed by atoms with Crippen LogP contribution in [0.2, 0.25) is 0 Å². The van der Waals surface area contributed by atoms with Crippen molar-refractivity contribution in [3.05, 3.63) is 41.3 Å². The van der Waals surface area contributed by atoms with Crippen molar-refractivity contribution < 1.29 is 0 Å². The predicted molar refractivity (Wildman–Crippen MR) is 79.4 cm³/mol. The number of aromatic nitrogens is 3. The molecular weight excluding hydrogens is 248 g/mol. The molecule has 1 aliphatic rings. The number of nitrogens with zero attached hydrogens (tertiary/aromatic N) is 3. The van der Waals surface area contributed by atoms with Gasteiger partial charge in [-0.25, -0.2) is 9.97 Å². The number of aryl methyl sites for hydroxylation is 2. The molecule has 2 heterocycles. The first-order valence-electron chi connectivity index (χ1n) is 7.20. The molecule has 2 aromatic rings. The summed E-state index contributed by atoms with van der Waals surface area (Å²) in [5.41, 5.74) is 4.52. The molecule has 0 saturated heterocycles. The number of hydrogen-bond acceptors (Lipinski definition) is 4. The Kier molecular flexibility index (Phi) is 3.74. The minimum Gasteiger partial charge on any atom is -0.319 e. The Morgan fingerprint density at radius 2 is 2.20 bits per heavy atom. The topological polar surface area (TPSA) is 50.7 Å². The summed E-state index contributed by atoms with van der Waals surface area (Å²) in [5, 5.41) is 3.27. The zero-order valence-electron chi connectivity index (χ0n) is 12.1. The van der Waals surface area contributed by atoms with E-state index in [1.807, 2.05) is 25.2 Å². The van der Waals surface area contributed by atoms with Gasteiger partial charge in [-0.3, -0.25) is 4.98 Å². The number of rotatable bonds is 3. The van der Waals surface area contributed by atoms with Crippen LogP contribution in [0.3, 0.4) is 0 Å². The van der Waals surface area contributed by atoms with Gasteiger partial charge in [0.25, 0.3) is 0 Å². The van der Waals surface area contributed by atoms with Gasteiger partial charge in [-0.05, 0) is 63.4 Å². The van der Waals surface area contributed by atoms with Gasteiger partial charge in [-0.2, -0.15) is 0 Å². The third-order valence-corrected chi connectivity index (χ3v) is 3.97. The van der Waals surface area contributed by atoms with Gasteiger partial charge in [0.15, 0.2) is 5.82 Å². The molecule has 0 amide bonds. The van der Waals surface area contributed by atoms with E-state index in [4.69, 9.17) is 4.98 Å². The lowest BCUT2D eigenvalue weighted by atomic mass is 9.86. The molecule has 0 spiro atoms. The summed E-state index contributed by atoms with van der Waals surface area (Å²) in [4.78, 5) is 13.8. The van der Waals surface area contributed by atoms with Crippen molar-refractivity contribution in [3.8, 4) is 11.5 Å². The lowest BCUT2D eigenvalue weighted by molar-refractivity contribution is 0.433. The highest BCUT2D eigenvalue weighted by Crippen LogP contribution is 2.27. The molecule has 2 aromatic heterocycles. The summed E-state index contributed by atoms with van der Waals surface area (Å²) in [7, 11) is 2.02. The summed E-state index contributed by atoms with van der Waals surface area (Å²) >= 11 is 0. The Morgan fingerprint density at radius 3 is 2.95 bits per heavy atom. The lowest BCUT2D eigenvalue weighted by Crippen LogP contribution is -2.26. The number of fused-ring (bicyclic) bond motifs is 1. The van der Waals surface area contributed by atoms with Gasteiger partial charge in [0.1, 0.15) is 5.69 Å². The molecule has 1 atom stereocenters. The van der Waals surface area contributed by atoms with Crippen molar-refractivity contribution in [2.45, 2.75) is 26.2 Å². The van der Waals surface area contributed by atoms with E-state index in [0.717, 1.165) is 36.6 Å². The van der Waals surface area contributed by atoms with Crippen LogP contribution in [-0.4, -0.2) is 28.5 Å². The Labute approximate surface area is 119 Å². The van der Waals surface area contributed by atoms with Gasteiger partial charge in [-0.15, -0.1) is 0 Å². The van der Waals surface area contributed by atoms with Crippen LogP contribution in [0.1, 0.15) is 23.4 Å². The van der Waals surface area contributed by atoms with Crippen molar-refractivity contribution >= 4 is 0 Å². The number of nitrogens with one attached hydrogen (secondary N) is 1. The normalized spacial score (nSPS) is 17.8. The van der Waals surface area contributed by atoms with Crippen LogP contribution in [0.15, 0.2) is 24.4 Å². The van der Waals surface area contributed by atoms with E-state index in [1.165, 1.54) is 17.7 Å². The molecule has 1 N–H and O–H groups in total. The summed E-state index contributed by atoms with van der Waals surface area (Å²) in [6, 6.07) is 5.86. The van der Waals surface area contributed by atoms with Crippen molar-refractivity contribution in [1.29, 1.82) is 0 Å². The minimum absolute atomic E-state index is 0.704. The minimum atomic E-state index is 0.704. The van der Waals surface area contributed by atoms with Gasteiger partial charge in [0.2, 0.25) is 0 Å². The van der Waals surface area contributed by atoms with E-state index in [1.54, 1.807) is 6.20 Å². The molecule has 0 aliphatic heterocycles. The Bertz CT molecular complexity index is 595. The van der Waals surface area contributed by atoms with Crippen LogP contribution in [-0.2, 0) is 12.8 Å². The predicted octanol–water partition coefficient (Wildman–Crippen LogP) is 2.17. The SMILES string of the molecule is CNCC1CCc2nc(-c3ccccn3)nc(C)c2C1. The van der Waals surface area contributed by atoms with Gasteiger partial charge in [-0.1, -0.05) is 6.07 Å². The van der Waals surface area contributed by atoms with Crippen LogP contribution in [0.4, 0.5) is 0 Å². The Morgan fingerprint density at radius 1 is 1.30 bits per heavy atom. The van der Waals surface area contributed by atoms with Gasteiger partial charge < -0.3 is 5.32 Å². The molecule has 104 valence electrons. The van der Waals surface area contributed by atoms with E-state index in [0.29, 0.717) is 5.92 Å². The first-order valence-corrected chi connectivity index (χ1v) is 7.20. The maximum atomic E-state index is 4.74. The maximum absolute atomic E-state index is 4.74. The van der Waals surface area contributed by atoms with Gasteiger partial charge >= 0.3 is 0 Å². The van der Waals surface area contributed by atoms with Gasteiger partial charge in [0.05, 0.1) is 0 Å². The van der Waals surface area contributed by atoms with Crippen LogP contribution >= 0.6 is 0 Å². The summed E-state index contributed by atoms with van der Waals surface area (Å²) in [6.45, 7) is 3.16. The highest BCUT2D eigenvalue weighted by molar-refractivity contribution is 5.50. The fourth-order valence-corrected chi connectivity index (χ4v) is 2.93. The molecule has 1 aliphatic carbocycles. The Hall–Kier alpha value is -1.81. The van der Waals surface area contributed by atoms with Crippen LogP contribution in [0, 0.1) is 12.8 Å². The van der Waals surface area contributed by atoms with Crippen LogP contribution in [0.5, 0.6) is 0 Å². The molecule has 0 aromatic carbocycles. The standard InChI is InChI=1S/C16H20N4/c1-11-13-9-12(10-17-2)6-7-14(13)20-16(19-11)15-5-3-4-8-18-15/h3-5,8,12,17H,6-7,9-10H2,1-2H3. The summed E-state index contributed by atoms with van der Waals surface area (Å²) < 4.78 is 0. The third kappa shape index (κ3) is 2.56. The fourth-order valence-electron chi connectivity index (χ4n) is 2.93. The molecule has 0 fully saturated rings. The molecule has 4 heteroatoms. The molecule has 4 nitrogen and oxygen atoms in total. The first-order chi connectivity index (χ1) is 9.78. The zero-order valence-corrected chi connectivity index (χ0v) is 12.1. The third-order valence-electron chi connectivity index (χ3n) is 3.97.